The van der Waals surface area contributed by atoms with Crippen molar-refractivity contribution in [2.75, 3.05) is 32.4 Å². The van der Waals surface area contributed by atoms with Crippen LogP contribution < -0.4 is 29.2 Å². The van der Waals surface area contributed by atoms with Gasteiger partial charge in [-0.3, -0.25) is 24.3 Å². The van der Waals surface area contributed by atoms with E-state index in [1.807, 2.05) is 0 Å². The maximum Gasteiger partial charge on any atom is 0.341 e. The number of carboxylic acid groups (broad SMARTS) is 1. The Hall–Kier alpha value is -4.71. The molecule has 4 heterocycles. The first-order chi connectivity index (χ1) is 24.6. The topological polar surface area (TPSA) is 240 Å². The van der Waals surface area contributed by atoms with E-state index in [0.717, 1.165) is 49.1 Å². The first kappa shape index (κ1) is 40.1. The number of rotatable bonds is 10. The largest absolute Gasteiger partial charge is 0.481 e. The fraction of sp³-hybridized carbons (Fsp3) is 0.333. The number of nitrogens with one attached hydrogen (secondary N) is 2. The van der Waals surface area contributed by atoms with Crippen LogP contribution in [0, 0.1) is 5.82 Å². The summed E-state index contributed by atoms with van der Waals surface area (Å²) in [4.78, 5) is 59.4. The molecule has 3 aromatic heterocycles. The van der Waals surface area contributed by atoms with Gasteiger partial charge in [0.15, 0.2) is 10.2 Å². The SMILES string of the molecule is COC(=O)CSc1cc(/N=c2\sc(=O)n3n2CCCC3)c(F)cc1Cl.COc1cc(OC)nc(NC(=O)NS(=O)(=O)c2c(C(=O)O)c(Cl)nn2C)n1. The van der Waals surface area contributed by atoms with Crippen LogP contribution in [-0.4, -0.2) is 87.7 Å². The molecule has 19 nitrogen and oxygen atoms in total. The summed E-state index contributed by atoms with van der Waals surface area (Å²) in [5.74, 6) is -2.78. The molecule has 25 heteroatoms. The van der Waals surface area contributed by atoms with Crippen LogP contribution in [-0.2, 0) is 39.7 Å². The van der Waals surface area contributed by atoms with Crippen molar-refractivity contribution >= 4 is 85.9 Å². The second-order valence-corrected chi connectivity index (χ2v) is 14.3. The second kappa shape index (κ2) is 17.2. The number of carboxylic acids is 1. The number of hydrogen-bond donors (Lipinski definition) is 3. The lowest BCUT2D eigenvalue weighted by atomic mass is 10.3. The van der Waals surface area contributed by atoms with Gasteiger partial charge in [0.25, 0.3) is 10.0 Å². The minimum absolute atomic E-state index is 0.0478. The third-order valence-electron chi connectivity index (χ3n) is 6.65. The highest BCUT2D eigenvalue weighted by Crippen LogP contribution is 2.33. The molecule has 1 aliphatic rings. The molecule has 0 unspecified atom stereocenters. The van der Waals surface area contributed by atoms with Gasteiger partial charge in [-0.2, -0.15) is 23.5 Å². The Labute approximate surface area is 311 Å². The third-order valence-corrected chi connectivity index (χ3v) is 10.7. The van der Waals surface area contributed by atoms with Gasteiger partial charge in [-0.1, -0.05) is 23.2 Å². The molecule has 0 bridgehead atoms. The van der Waals surface area contributed by atoms with Gasteiger partial charge in [-0.15, -0.1) is 11.8 Å². The molecule has 3 N–H and O–H groups in total. The number of aromatic nitrogens is 6. The summed E-state index contributed by atoms with van der Waals surface area (Å²) in [6.07, 6.45) is 1.90. The van der Waals surface area contributed by atoms with Gasteiger partial charge in [-0.05, 0) is 36.3 Å². The maximum atomic E-state index is 14.3. The van der Waals surface area contributed by atoms with Crippen LogP contribution in [0.2, 0.25) is 10.2 Å². The van der Waals surface area contributed by atoms with Gasteiger partial charge < -0.3 is 19.3 Å². The molecule has 2 amide bonds. The summed E-state index contributed by atoms with van der Waals surface area (Å²) in [7, 11) is 0.439. The second-order valence-electron chi connectivity index (χ2n) is 10.1. The zero-order chi connectivity index (χ0) is 38.3. The Bertz CT molecular complexity index is 2240. The van der Waals surface area contributed by atoms with Crippen molar-refractivity contribution in [3.63, 3.8) is 0 Å². The lowest BCUT2D eigenvalue weighted by Gasteiger charge is -2.15. The molecule has 0 saturated carbocycles. The summed E-state index contributed by atoms with van der Waals surface area (Å²) in [5.41, 5.74) is -0.696. The quantitative estimate of drug-likeness (QED) is 0.154. The number of aromatic carboxylic acids is 1. The number of carbonyl (C=O) groups is 3. The molecule has 52 heavy (non-hydrogen) atoms. The minimum atomic E-state index is -4.64. The number of benzene rings is 1. The van der Waals surface area contributed by atoms with Crippen molar-refractivity contribution in [1.29, 1.82) is 0 Å². The first-order valence-electron chi connectivity index (χ1n) is 14.4. The smallest absolute Gasteiger partial charge is 0.341 e. The molecule has 1 aliphatic heterocycles. The Morgan fingerprint density at radius 3 is 2.31 bits per heavy atom. The van der Waals surface area contributed by atoms with E-state index in [-0.39, 0.29) is 39.0 Å². The van der Waals surface area contributed by atoms with Gasteiger partial charge in [0.05, 0.1) is 38.2 Å². The highest BCUT2D eigenvalue weighted by molar-refractivity contribution is 8.00. The molecule has 280 valence electrons. The number of ether oxygens (including phenoxy) is 3. The van der Waals surface area contributed by atoms with Gasteiger partial charge in [-0.25, -0.2) is 28.4 Å². The predicted octanol–water partition coefficient (Wildman–Crippen LogP) is 2.88. The zero-order valence-electron chi connectivity index (χ0n) is 27.4. The number of thioether (sulfide) groups is 1. The predicted molar refractivity (Wildman–Crippen MR) is 185 cm³/mol. The molecule has 0 saturated heterocycles. The molecule has 1 aromatic carbocycles. The van der Waals surface area contributed by atoms with Gasteiger partial charge in [0.1, 0.15) is 17.1 Å². The molecule has 0 radical (unpaired) electrons. The van der Waals surface area contributed by atoms with Crippen molar-refractivity contribution in [2.24, 2.45) is 12.0 Å². The number of esters is 1. The number of nitrogens with zero attached hydrogens (tertiary/aromatic N) is 7. The molecule has 5 rings (SSSR count). The Kier molecular flexibility index (Phi) is 13.3. The Balaban J connectivity index is 0.000000233. The number of hydrogen-bond acceptors (Lipinski definition) is 15. The summed E-state index contributed by atoms with van der Waals surface area (Å²) in [6.45, 7) is 1.32. The number of halogens is 3. The standard InChI is InChI=1S/C15H15ClFN3O3S2.C12H13ClN6O7S/c1-23-13(21)8-24-12-7-11(10(17)6-9(12)16)18-14-19-4-2-3-5-20(19)15(22)25-14;1-19-9(7(10(20)21)8(13)17-19)27(23,24)18-12(22)16-11-14-5(25-2)4-6(15-11)26-3/h6-7H,2-5,8H2,1H3;4H,1-3H3,(H,20,21)(H2,14,15,16,18,22)/b18-14-;. The van der Waals surface area contributed by atoms with E-state index in [9.17, 15) is 32.0 Å². The van der Waals surface area contributed by atoms with Gasteiger partial charge in [0, 0.05) is 25.0 Å². The molecule has 0 aliphatic carbocycles. The first-order valence-corrected chi connectivity index (χ1v) is 18.4. The van der Waals surface area contributed by atoms with Crippen molar-refractivity contribution < 1.29 is 46.5 Å². The Morgan fingerprint density at radius 2 is 1.71 bits per heavy atom. The van der Waals surface area contributed by atoms with Crippen molar-refractivity contribution in [1.82, 2.24) is 33.8 Å². The average Bonchev–Trinajstić information content (AvgIpc) is 3.59. The minimum Gasteiger partial charge on any atom is -0.481 e. The van der Waals surface area contributed by atoms with E-state index in [1.54, 1.807) is 14.1 Å². The van der Waals surface area contributed by atoms with Crippen molar-refractivity contribution in [3.05, 3.63) is 54.2 Å². The molecule has 0 spiro atoms. The summed E-state index contributed by atoms with van der Waals surface area (Å²) in [6, 6.07) is 2.71. The summed E-state index contributed by atoms with van der Waals surface area (Å²) in [5, 5.41) is 13.6. The molecule has 0 atom stereocenters. The number of amides is 2. The van der Waals surface area contributed by atoms with E-state index in [0.29, 0.717) is 27.5 Å². The van der Waals surface area contributed by atoms with E-state index < -0.39 is 49.6 Å². The summed E-state index contributed by atoms with van der Waals surface area (Å²) < 4.78 is 59.2. The number of aryl methyl sites for hydroxylation is 1. The number of anilines is 1. The number of methoxy groups -OCH3 is 3. The van der Waals surface area contributed by atoms with Crippen LogP contribution >= 0.6 is 46.3 Å². The van der Waals surface area contributed by atoms with E-state index in [1.165, 1.54) is 33.5 Å². The fourth-order valence-corrected chi connectivity index (χ4v) is 7.92. The molecular weight excluding hydrogens is 796 g/mol. The highest BCUT2D eigenvalue weighted by atomic mass is 35.5. The number of carbonyl (C=O) groups excluding carboxylic acids is 2. The number of sulfonamides is 1. The van der Waals surface area contributed by atoms with E-state index >= 15 is 0 Å². The fourth-order valence-electron chi connectivity index (χ4n) is 4.36. The average molecular weight is 825 g/mol. The van der Waals surface area contributed by atoms with Crippen LogP contribution in [0.3, 0.4) is 0 Å². The van der Waals surface area contributed by atoms with Crippen LogP contribution in [0.15, 0.2) is 37.9 Å². The zero-order valence-corrected chi connectivity index (χ0v) is 31.3. The summed E-state index contributed by atoms with van der Waals surface area (Å²) >= 11 is 13.8. The number of fused-ring (bicyclic) bond motifs is 1. The van der Waals surface area contributed by atoms with Gasteiger partial charge in [0.2, 0.25) is 22.5 Å². The third kappa shape index (κ3) is 9.58. The van der Waals surface area contributed by atoms with Crippen molar-refractivity contribution in [2.45, 2.75) is 35.9 Å². The van der Waals surface area contributed by atoms with Gasteiger partial charge >= 0.3 is 22.8 Å². The monoisotopic (exact) mass is 823 g/mol. The van der Waals surface area contributed by atoms with E-state index in [4.69, 9.17) is 37.8 Å². The van der Waals surface area contributed by atoms with E-state index in [2.05, 4.69) is 30.1 Å². The number of urea groups is 1. The lowest BCUT2D eigenvalue weighted by molar-refractivity contribution is -0.137. The molecular formula is C27H28Cl2FN9O10S3. The van der Waals surface area contributed by atoms with Crippen LogP contribution in [0.5, 0.6) is 11.8 Å². The Morgan fingerprint density at radius 1 is 1.08 bits per heavy atom. The maximum absolute atomic E-state index is 14.3. The van der Waals surface area contributed by atoms with Crippen molar-refractivity contribution in [3.8, 4) is 11.8 Å². The van der Waals surface area contributed by atoms with Crippen LogP contribution in [0.25, 0.3) is 0 Å². The molecule has 0 fully saturated rings. The lowest BCUT2D eigenvalue weighted by Crippen LogP contribution is -2.36. The van der Waals surface area contributed by atoms with Crippen LogP contribution in [0.1, 0.15) is 23.2 Å². The molecule has 4 aromatic rings. The normalized spacial score (nSPS) is 12.6. The highest BCUT2D eigenvalue weighted by Gasteiger charge is 2.32. The van der Waals surface area contributed by atoms with Crippen LogP contribution in [0.4, 0.5) is 20.8 Å².